The van der Waals surface area contributed by atoms with E-state index < -0.39 is 23.3 Å². The van der Waals surface area contributed by atoms with Crippen molar-refractivity contribution in [2.75, 3.05) is 0 Å². The number of hydrogen-bond acceptors (Lipinski definition) is 3. The molecule has 1 aliphatic heterocycles. The quantitative estimate of drug-likeness (QED) is 0.699. The number of carboxylic acid groups (broad SMARTS) is 1. The molecular weight excluding hydrogens is 210 g/mol. The first-order valence-corrected chi connectivity index (χ1v) is 5.29. The third-order valence-electron chi connectivity index (χ3n) is 3.36. The molecule has 1 N–H and O–H groups in total. The van der Waals surface area contributed by atoms with Crippen LogP contribution in [0.4, 0.5) is 0 Å². The Bertz CT molecular complexity index is 404. The lowest BCUT2D eigenvalue weighted by atomic mass is 9.95. The Morgan fingerprint density at radius 3 is 2.31 bits per heavy atom. The SMILES string of the molecule is CC1=CC(=O)N(C2(C(=O)O)CCCC2)C1=O. The van der Waals surface area contributed by atoms with E-state index in [9.17, 15) is 19.5 Å². The first-order valence-electron chi connectivity index (χ1n) is 5.29. The third kappa shape index (κ3) is 1.27. The van der Waals surface area contributed by atoms with Crippen LogP contribution in [0, 0.1) is 0 Å². The second-order valence-electron chi connectivity index (χ2n) is 4.35. The number of rotatable bonds is 2. The standard InChI is InChI=1S/C11H13NO4/c1-7-6-8(13)12(9(7)14)11(10(15)16)4-2-3-5-11/h6H,2-5H2,1H3,(H,15,16). The highest BCUT2D eigenvalue weighted by molar-refractivity contribution is 6.18. The Morgan fingerprint density at radius 1 is 1.38 bits per heavy atom. The van der Waals surface area contributed by atoms with Crippen molar-refractivity contribution in [3.05, 3.63) is 11.6 Å². The lowest BCUT2D eigenvalue weighted by Crippen LogP contribution is -2.55. The molecule has 0 aromatic carbocycles. The number of amides is 2. The van der Waals surface area contributed by atoms with E-state index in [4.69, 9.17) is 0 Å². The molecule has 1 heterocycles. The summed E-state index contributed by atoms with van der Waals surface area (Å²) in [5.41, 5.74) is -0.986. The van der Waals surface area contributed by atoms with Gasteiger partial charge in [-0.2, -0.15) is 0 Å². The Hall–Kier alpha value is -1.65. The van der Waals surface area contributed by atoms with E-state index in [-0.39, 0.29) is 0 Å². The molecule has 5 nitrogen and oxygen atoms in total. The monoisotopic (exact) mass is 223 g/mol. The van der Waals surface area contributed by atoms with Gasteiger partial charge in [0.25, 0.3) is 11.8 Å². The van der Waals surface area contributed by atoms with Crippen LogP contribution in [0.5, 0.6) is 0 Å². The van der Waals surface area contributed by atoms with Gasteiger partial charge >= 0.3 is 5.97 Å². The Balaban J connectivity index is 2.40. The van der Waals surface area contributed by atoms with Crippen molar-refractivity contribution < 1.29 is 19.5 Å². The third-order valence-corrected chi connectivity index (χ3v) is 3.36. The summed E-state index contributed by atoms with van der Waals surface area (Å²) >= 11 is 0. The average molecular weight is 223 g/mol. The number of nitrogens with zero attached hydrogens (tertiary/aromatic N) is 1. The predicted octanol–water partition coefficient (Wildman–Crippen LogP) is 0.699. The van der Waals surface area contributed by atoms with Crippen LogP contribution >= 0.6 is 0 Å². The summed E-state index contributed by atoms with van der Waals surface area (Å²) in [6, 6.07) is 0. The maximum Gasteiger partial charge on any atom is 0.330 e. The molecule has 0 unspecified atom stereocenters. The molecule has 0 atom stereocenters. The molecule has 0 saturated heterocycles. The zero-order valence-electron chi connectivity index (χ0n) is 9.02. The van der Waals surface area contributed by atoms with Gasteiger partial charge in [-0.25, -0.2) is 4.79 Å². The Labute approximate surface area is 92.7 Å². The fraction of sp³-hybridized carbons (Fsp3) is 0.545. The summed E-state index contributed by atoms with van der Waals surface area (Å²) in [6.07, 6.45) is 3.41. The number of imide groups is 1. The van der Waals surface area contributed by atoms with Crippen LogP contribution in [0.2, 0.25) is 0 Å². The highest BCUT2D eigenvalue weighted by Crippen LogP contribution is 2.38. The normalized spacial score (nSPS) is 23.8. The Kier molecular flexibility index (Phi) is 2.33. The van der Waals surface area contributed by atoms with E-state index in [0.717, 1.165) is 17.7 Å². The van der Waals surface area contributed by atoms with Crippen LogP contribution in [0.1, 0.15) is 32.6 Å². The first-order chi connectivity index (χ1) is 7.49. The van der Waals surface area contributed by atoms with Crippen molar-refractivity contribution in [2.45, 2.75) is 38.1 Å². The number of carbonyl (C=O) groups is 3. The molecule has 0 bridgehead atoms. The molecule has 16 heavy (non-hydrogen) atoms. The number of hydrogen-bond donors (Lipinski definition) is 1. The summed E-state index contributed by atoms with van der Waals surface area (Å²) in [5, 5.41) is 9.28. The van der Waals surface area contributed by atoms with E-state index in [1.54, 1.807) is 0 Å². The second-order valence-corrected chi connectivity index (χ2v) is 4.35. The summed E-state index contributed by atoms with van der Waals surface area (Å²) in [6.45, 7) is 1.53. The minimum atomic E-state index is -1.30. The molecule has 0 spiro atoms. The van der Waals surface area contributed by atoms with Gasteiger partial charge in [0.05, 0.1) is 0 Å². The van der Waals surface area contributed by atoms with Crippen LogP contribution < -0.4 is 0 Å². The van der Waals surface area contributed by atoms with Crippen LogP contribution in [0.15, 0.2) is 11.6 Å². The molecule has 0 radical (unpaired) electrons. The van der Waals surface area contributed by atoms with Gasteiger partial charge in [0.15, 0.2) is 0 Å². The number of carboxylic acids is 1. The van der Waals surface area contributed by atoms with Crippen molar-refractivity contribution in [1.82, 2.24) is 4.90 Å². The van der Waals surface area contributed by atoms with Gasteiger partial charge in [0.1, 0.15) is 5.54 Å². The average Bonchev–Trinajstić information content (AvgIpc) is 2.75. The summed E-state index contributed by atoms with van der Waals surface area (Å²) in [5.74, 6) is -2.03. The van der Waals surface area contributed by atoms with Gasteiger partial charge in [0, 0.05) is 11.6 Å². The van der Waals surface area contributed by atoms with Gasteiger partial charge in [-0.1, -0.05) is 12.8 Å². The smallest absolute Gasteiger partial charge is 0.330 e. The van der Waals surface area contributed by atoms with Crippen LogP contribution in [0.25, 0.3) is 0 Å². The summed E-state index contributed by atoms with van der Waals surface area (Å²) in [7, 11) is 0. The van der Waals surface area contributed by atoms with E-state index >= 15 is 0 Å². The predicted molar refractivity (Wildman–Crippen MR) is 54.4 cm³/mol. The lowest BCUT2D eigenvalue weighted by molar-refractivity contribution is -0.161. The van der Waals surface area contributed by atoms with E-state index in [1.807, 2.05) is 0 Å². The van der Waals surface area contributed by atoms with Crippen molar-refractivity contribution in [3.63, 3.8) is 0 Å². The molecular formula is C11H13NO4. The van der Waals surface area contributed by atoms with E-state index in [0.29, 0.717) is 18.4 Å². The zero-order valence-corrected chi connectivity index (χ0v) is 9.02. The van der Waals surface area contributed by atoms with Gasteiger partial charge in [0.2, 0.25) is 0 Å². The topological polar surface area (TPSA) is 74.7 Å². The number of aliphatic carboxylic acids is 1. The molecule has 2 amide bonds. The van der Waals surface area contributed by atoms with Crippen molar-refractivity contribution in [2.24, 2.45) is 0 Å². The highest BCUT2D eigenvalue weighted by Gasteiger charge is 2.53. The van der Waals surface area contributed by atoms with Crippen molar-refractivity contribution >= 4 is 17.8 Å². The second kappa shape index (κ2) is 3.43. The molecule has 1 fully saturated rings. The minimum Gasteiger partial charge on any atom is -0.479 e. The molecule has 5 heteroatoms. The van der Waals surface area contributed by atoms with Gasteiger partial charge in [-0.3, -0.25) is 14.5 Å². The fourth-order valence-electron chi connectivity index (χ4n) is 2.49. The van der Waals surface area contributed by atoms with Crippen LogP contribution in [-0.2, 0) is 14.4 Å². The zero-order chi connectivity index (χ0) is 11.9. The van der Waals surface area contributed by atoms with E-state index in [2.05, 4.69) is 0 Å². The maximum atomic E-state index is 11.8. The first kappa shape index (κ1) is 10.9. The molecule has 0 aromatic heterocycles. The maximum absolute atomic E-state index is 11.8. The van der Waals surface area contributed by atoms with Gasteiger partial charge in [-0.05, 0) is 19.8 Å². The lowest BCUT2D eigenvalue weighted by Gasteiger charge is -2.33. The van der Waals surface area contributed by atoms with Crippen molar-refractivity contribution in [3.8, 4) is 0 Å². The molecule has 1 aliphatic carbocycles. The summed E-state index contributed by atoms with van der Waals surface area (Å²) in [4.78, 5) is 35.7. The molecule has 2 rings (SSSR count). The fourth-order valence-corrected chi connectivity index (χ4v) is 2.49. The molecule has 86 valence electrons. The molecule has 2 aliphatic rings. The van der Waals surface area contributed by atoms with Gasteiger partial charge in [-0.15, -0.1) is 0 Å². The Morgan fingerprint density at radius 2 is 1.94 bits per heavy atom. The minimum absolute atomic E-state index is 0.317. The van der Waals surface area contributed by atoms with Crippen LogP contribution in [0.3, 0.4) is 0 Å². The number of carbonyl (C=O) groups excluding carboxylic acids is 2. The molecule has 0 aromatic rings. The van der Waals surface area contributed by atoms with Crippen molar-refractivity contribution in [1.29, 1.82) is 0 Å². The van der Waals surface area contributed by atoms with E-state index in [1.165, 1.54) is 13.0 Å². The summed E-state index contributed by atoms with van der Waals surface area (Å²) < 4.78 is 0. The van der Waals surface area contributed by atoms with Crippen LogP contribution in [-0.4, -0.2) is 33.3 Å². The highest BCUT2D eigenvalue weighted by atomic mass is 16.4. The largest absolute Gasteiger partial charge is 0.479 e. The molecule has 1 saturated carbocycles. The van der Waals surface area contributed by atoms with Gasteiger partial charge < -0.3 is 5.11 Å².